The third-order valence-corrected chi connectivity index (χ3v) is 9.66. The largest absolute Gasteiger partial charge is 0.416 e. The summed E-state index contributed by atoms with van der Waals surface area (Å²) in [5, 5.41) is 22.1. The van der Waals surface area contributed by atoms with Crippen molar-refractivity contribution in [2.75, 3.05) is 0 Å². The average molecular weight is 469 g/mol. The molecule has 0 aromatic heterocycles. The molecular formula is C27H27F3O2Si. The van der Waals surface area contributed by atoms with Crippen LogP contribution < -0.4 is 0 Å². The second kappa shape index (κ2) is 8.28. The molecule has 0 heterocycles. The van der Waals surface area contributed by atoms with Gasteiger partial charge in [-0.1, -0.05) is 92.4 Å². The Kier molecular flexibility index (Phi) is 5.89. The van der Waals surface area contributed by atoms with E-state index in [2.05, 4.69) is 19.6 Å². The molecule has 0 radical (unpaired) electrons. The van der Waals surface area contributed by atoms with Gasteiger partial charge in [0.15, 0.2) is 0 Å². The Hall–Kier alpha value is -2.67. The lowest BCUT2D eigenvalue weighted by Crippen LogP contribution is -2.43. The first-order chi connectivity index (χ1) is 15.5. The number of halogens is 3. The van der Waals surface area contributed by atoms with Gasteiger partial charge in [0.05, 0.1) is 13.6 Å². The van der Waals surface area contributed by atoms with E-state index in [1.165, 1.54) is 12.1 Å². The molecular weight excluding hydrogens is 441 g/mol. The summed E-state index contributed by atoms with van der Waals surface area (Å²) in [5.74, 6) is 0. The number of benzene rings is 3. The summed E-state index contributed by atoms with van der Waals surface area (Å²) in [6, 6.07) is 23.6. The molecule has 0 bridgehead atoms. The molecule has 3 aromatic carbocycles. The van der Waals surface area contributed by atoms with Crippen LogP contribution in [0.3, 0.4) is 0 Å². The van der Waals surface area contributed by atoms with Crippen LogP contribution in [0, 0.1) is 0 Å². The summed E-state index contributed by atoms with van der Waals surface area (Å²) in [7, 11) is -2.27. The van der Waals surface area contributed by atoms with E-state index < -0.39 is 37.1 Å². The molecule has 0 saturated carbocycles. The van der Waals surface area contributed by atoms with Gasteiger partial charge >= 0.3 is 6.18 Å². The molecule has 0 fully saturated rings. The van der Waals surface area contributed by atoms with Gasteiger partial charge in [0.25, 0.3) is 0 Å². The quantitative estimate of drug-likeness (QED) is 0.316. The predicted molar refractivity (Wildman–Crippen MR) is 126 cm³/mol. The molecule has 4 rings (SSSR count). The highest BCUT2D eigenvalue weighted by Gasteiger charge is 2.65. The zero-order chi connectivity index (χ0) is 24.0. The van der Waals surface area contributed by atoms with Gasteiger partial charge in [-0.15, -0.1) is 0 Å². The normalized spacial score (nSPS) is 20.5. The molecule has 0 aliphatic heterocycles. The monoisotopic (exact) mass is 468 g/mol. The Morgan fingerprint density at radius 1 is 0.667 bits per heavy atom. The Morgan fingerprint density at radius 3 is 1.39 bits per heavy atom. The molecule has 1 aliphatic rings. The van der Waals surface area contributed by atoms with Crippen LogP contribution in [0.2, 0.25) is 19.6 Å². The van der Waals surface area contributed by atoms with Crippen molar-refractivity contribution in [1.29, 1.82) is 0 Å². The van der Waals surface area contributed by atoms with Gasteiger partial charge in [-0.05, 0) is 40.0 Å². The van der Waals surface area contributed by atoms with Crippen molar-refractivity contribution in [2.24, 2.45) is 0 Å². The summed E-state index contributed by atoms with van der Waals surface area (Å²) in [6.45, 7) is 6.35. The number of aliphatic hydroxyl groups is 2. The van der Waals surface area contributed by atoms with Crippen molar-refractivity contribution in [1.82, 2.24) is 0 Å². The SMILES string of the molecule is C[Si](C)(C)C1(c2ccc(C(F)(F)F)cc2)C(C(O)c2ccccc2)=C1C(O)c1ccccc1. The van der Waals surface area contributed by atoms with Crippen molar-refractivity contribution in [2.45, 2.75) is 43.1 Å². The highest BCUT2D eigenvalue weighted by Crippen LogP contribution is 2.67. The van der Waals surface area contributed by atoms with E-state index in [0.717, 1.165) is 12.1 Å². The molecule has 33 heavy (non-hydrogen) atoms. The Bertz CT molecular complexity index is 1090. The fourth-order valence-electron chi connectivity index (χ4n) is 5.09. The Balaban J connectivity index is 1.89. The minimum absolute atomic E-state index is 0.685. The highest BCUT2D eigenvalue weighted by atomic mass is 28.3. The lowest BCUT2D eigenvalue weighted by atomic mass is 9.96. The smallest absolute Gasteiger partial charge is 0.384 e. The third kappa shape index (κ3) is 3.96. The highest BCUT2D eigenvalue weighted by molar-refractivity contribution is 6.81. The standard InChI is InChI=1S/C27H27F3O2Si/c1-33(2,3)26(20-14-16-21(17-15-20)27(28,29)30)22(24(31)18-10-6-4-7-11-18)23(26)25(32)19-12-8-5-9-13-19/h4-17,24-25,31-32H,1-3H3. The van der Waals surface area contributed by atoms with Gasteiger partial charge in [-0.2, -0.15) is 13.2 Å². The summed E-state index contributed by atoms with van der Waals surface area (Å²) in [5.41, 5.74) is 2.75. The van der Waals surface area contributed by atoms with E-state index in [4.69, 9.17) is 0 Å². The first kappa shape index (κ1) is 23.5. The average Bonchev–Trinajstić information content (AvgIpc) is 3.50. The first-order valence-corrected chi connectivity index (χ1v) is 14.4. The zero-order valence-corrected chi connectivity index (χ0v) is 19.8. The summed E-state index contributed by atoms with van der Waals surface area (Å²) in [6.07, 6.45) is -6.36. The fourth-order valence-corrected chi connectivity index (χ4v) is 8.22. The van der Waals surface area contributed by atoms with E-state index >= 15 is 0 Å². The van der Waals surface area contributed by atoms with Crippen molar-refractivity contribution in [3.05, 3.63) is 118 Å². The minimum Gasteiger partial charge on any atom is -0.384 e. The summed E-state index contributed by atoms with van der Waals surface area (Å²) >= 11 is 0. The Labute approximate surface area is 193 Å². The maximum atomic E-state index is 13.2. The predicted octanol–water partition coefficient (Wildman–Crippen LogP) is 6.60. The van der Waals surface area contributed by atoms with Crippen LogP contribution in [-0.4, -0.2) is 18.3 Å². The second-order valence-electron chi connectivity index (χ2n) is 9.53. The van der Waals surface area contributed by atoms with E-state index in [1.54, 1.807) is 0 Å². The summed E-state index contributed by atoms with van der Waals surface area (Å²) in [4.78, 5) is 0. The third-order valence-electron chi connectivity index (χ3n) is 6.58. The van der Waals surface area contributed by atoms with E-state index in [-0.39, 0.29) is 0 Å². The molecule has 2 unspecified atom stereocenters. The molecule has 2 N–H and O–H groups in total. The van der Waals surface area contributed by atoms with E-state index in [0.29, 0.717) is 27.8 Å². The fraction of sp³-hybridized carbons (Fsp3) is 0.259. The van der Waals surface area contributed by atoms with Gasteiger partial charge < -0.3 is 10.2 Å². The van der Waals surface area contributed by atoms with Crippen LogP contribution in [-0.2, 0) is 11.2 Å². The maximum absolute atomic E-state index is 13.2. The number of hydrogen-bond acceptors (Lipinski definition) is 2. The maximum Gasteiger partial charge on any atom is 0.416 e. The van der Waals surface area contributed by atoms with Crippen LogP contribution in [0.1, 0.15) is 34.5 Å². The lowest BCUT2D eigenvalue weighted by Gasteiger charge is -2.36. The van der Waals surface area contributed by atoms with Gasteiger partial charge in [0.1, 0.15) is 12.2 Å². The van der Waals surface area contributed by atoms with Crippen LogP contribution in [0.25, 0.3) is 0 Å². The van der Waals surface area contributed by atoms with Crippen molar-refractivity contribution < 1.29 is 23.4 Å². The molecule has 3 aromatic rings. The van der Waals surface area contributed by atoms with Crippen LogP contribution in [0.15, 0.2) is 96.1 Å². The van der Waals surface area contributed by atoms with Gasteiger partial charge in [0.2, 0.25) is 0 Å². The van der Waals surface area contributed by atoms with Crippen molar-refractivity contribution in [3.8, 4) is 0 Å². The number of alkyl halides is 3. The molecule has 172 valence electrons. The molecule has 0 amide bonds. The van der Waals surface area contributed by atoms with Crippen LogP contribution in [0.5, 0.6) is 0 Å². The number of hydrogen-bond donors (Lipinski definition) is 2. The molecule has 1 aliphatic carbocycles. The van der Waals surface area contributed by atoms with Crippen LogP contribution in [0.4, 0.5) is 13.2 Å². The molecule has 2 atom stereocenters. The van der Waals surface area contributed by atoms with Gasteiger partial charge in [-0.3, -0.25) is 0 Å². The summed E-state index contributed by atoms with van der Waals surface area (Å²) < 4.78 is 39.7. The Morgan fingerprint density at radius 2 is 1.06 bits per heavy atom. The van der Waals surface area contributed by atoms with Crippen LogP contribution >= 0.6 is 0 Å². The minimum atomic E-state index is -4.43. The second-order valence-corrected chi connectivity index (χ2v) is 14.8. The number of rotatable bonds is 6. The molecule has 0 spiro atoms. The molecule has 6 heteroatoms. The first-order valence-electron chi connectivity index (χ1n) is 10.9. The van der Waals surface area contributed by atoms with E-state index in [1.807, 2.05) is 60.7 Å². The zero-order valence-electron chi connectivity index (χ0n) is 18.8. The lowest BCUT2D eigenvalue weighted by molar-refractivity contribution is -0.137. The molecule has 2 nitrogen and oxygen atoms in total. The van der Waals surface area contributed by atoms with Crippen molar-refractivity contribution in [3.63, 3.8) is 0 Å². The van der Waals surface area contributed by atoms with Gasteiger partial charge in [0, 0.05) is 5.04 Å². The van der Waals surface area contributed by atoms with Gasteiger partial charge in [-0.25, -0.2) is 0 Å². The topological polar surface area (TPSA) is 40.5 Å². The molecule has 0 saturated heterocycles. The van der Waals surface area contributed by atoms with Crippen molar-refractivity contribution >= 4 is 8.07 Å². The number of aliphatic hydroxyl groups excluding tert-OH is 2. The van der Waals surface area contributed by atoms with E-state index in [9.17, 15) is 23.4 Å².